The van der Waals surface area contributed by atoms with Crippen molar-refractivity contribution in [2.45, 2.75) is 25.9 Å². The molecule has 0 amide bonds. The predicted molar refractivity (Wildman–Crippen MR) is 82.7 cm³/mol. The van der Waals surface area contributed by atoms with Gasteiger partial charge in [0.15, 0.2) is 5.69 Å². The van der Waals surface area contributed by atoms with Crippen LogP contribution in [0.1, 0.15) is 30.8 Å². The van der Waals surface area contributed by atoms with Gasteiger partial charge in [-0.1, -0.05) is 29.8 Å². The van der Waals surface area contributed by atoms with Gasteiger partial charge in [0.25, 0.3) is 0 Å². The van der Waals surface area contributed by atoms with Gasteiger partial charge in [0, 0.05) is 18.9 Å². The first-order valence-corrected chi connectivity index (χ1v) is 7.08. The number of fused-ring (bicyclic) bond motifs is 1. The third-order valence-corrected chi connectivity index (χ3v) is 3.68. The molecular formula is C16H18ClNO3. The third kappa shape index (κ3) is 3.93. The number of carbonyl (C=O) groups excluding carboxylic acids is 1. The summed E-state index contributed by atoms with van der Waals surface area (Å²) in [6.45, 7) is 4.14. The molecule has 1 aromatic heterocycles. The van der Waals surface area contributed by atoms with Crippen LogP contribution >= 0.6 is 11.6 Å². The summed E-state index contributed by atoms with van der Waals surface area (Å²) in [5, 5.41) is 1.31. The van der Waals surface area contributed by atoms with Crippen molar-refractivity contribution in [3.8, 4) is 0 Å². The van der Waals surface area contributed by atoms with Crippen LogP contribution in [0.25, 0.3) is 10.9 Å². The van der Waals surface area contributed by atoms with Gasteiger partial charge < -0.3 is 9.47 Å². The molecule has 2 aromatic rings. The first kappa shape index (κ1) is 15.7. The fourth-order valence-electron chi connectivity index (χ4n) is 1.80. The summed E-state index contributed by atoms with van der Waals surface area (Å²) in [4.78, 5) is 16.3. The summed E-state index contributed by atoms with van der Waals surface area (Å²) >= 11 is 6.17. The molecule has 0 saturated carbocycles. The van der Waals surface area contributed by atoms with Crippen molar-refractivity contribution in [3.05, 3.63) is 41.0 Å². The van der Waals surface area contributed by atoms with Crippen LogP contribution in [0, 0.1) is 0 Å². The Hall–Kier alpha value is -1.65. The van der Waals surface area contributed by atoms with Crippen molar-refractivity contribution in [1.82, 2.24) is 4.98 Å². The van der Waals surface area contributed by atoms with Gasteiger partial charge in [-0.3, -0.25) is 0 Å². The third-order valence-electron chi connectivity index (χ3n) is 3.36. The zero-order chi connectivity index (χ0) is 15.5. The normalized spacial score (nSPS) is 11.6. The fourth-order valence-corrected chi connectivity index (χ4v) is 2.07. The standard InChI is InChI=1S/C16H18ClNO3/c1-16(2,20-3)8-9-21-15(19)14-10-12(17)11-6-4-5-7-13(11)18-14/h4-7,10H,8-9H2,1-3H3. The van der Waals surface area contributed by atoms with Crippen LogP contribution in [-0.4, -0.2) is 30.3 Å². The van der Waals surface area contributed by atoms with Gasteiger partial charge in [0.1, 0.15) is 0 Å². The van der Waals surface area contributed by atoms with Gasteiger partial charge in [0.05, 0.1) is 22.7 Å². The number of rotatable bonds is 5. The lowest BCUT2D eigenvalue weighted by atomic mass is 10.1. The van der Waals surface area contributed by atoms with E-state index in [1.54, 1.807) is 7.11 Å². The molecule has 5 heteroatoms. The van der Waals surface area contributed by atoms with E-state index in [4.69, 9.17) is 21.1 Å². The number of ether oxygens (including phenoxy) is 2. The van der Waals surface area contributed by atoms with Crippen LogP contribution in [0.5, 0.6) is 0 Å². The highest BCUT2D eigenvalue weighted by atomic mass is 35.5. The van der Waals surface area contributed by atoms with E-state index in [0.29, 0.717) is 17.0 Å². The van der Waals surface area contributed by atoms with Crippen LogP contribution in [0.15, 0.2) is 30.3 Å². The van der Waals surface area contributed by atoms with E-state index < -0.39 is 5.97 Å². The molecule has 4 nitrogen and oxygen atoms in total. The average molecular weight is 308 g/mol. The summed E-state index contributed by atoms with van der Waals surface area (Å²) < 4.78 is 10.5. The van der Waals surface area contributed by atoms with Crippen molar-refractivity contribution in [2.24, 2.45) is 0 Å². The maximum absolute atomic E-state index is 12.0. The SMILES string of the molecule is COC(C)(C)CCOC(=O)c1cc(Cl)c2ccccc2n1. The first-order chi connectivity index (χ1) is 9.93. The fraction of sp³-hybridized carbons (Fsp3) is 0.375. The van der Waals surface area contributed by atoms with Crippen molar-refractivity contribution < 1.29 is 14.3 Å². The Bertz CT molecular complexity index is 655. The molecule has 0 saturated heterocycles. The highest BCUT2D eigenvalue weighted by Crippen LogP contribution is 2.23. The number of esters is 1. The van der Waals surface area contributed by atoms with Crippen LogP contribution < -0.4 is 0 Å². The molecular weight excluding hydrogens is 290 g/mol. The quantitative estimate of drug-likeness (QED) is 0.787. The van der Waals surface area contributed by atoms with Crippen LogP contribution in [0.3, 0.4) is 0 Å². The first-order valence-electron chi connectivity index (χ1n) is 6.70. The van der Waals surface area contributed by atoms with Gasteiger partial charge >= 0.3 is 5.97 Å². The Labute approximate surface area is 129 Å². The molecule has 0 N–H and O–H groups in total. The van der Waals surface area contributed by atoms with E-state index in [2.05, 4.69) is 4.98 Å². The Morgan fingerprint density at radius 2 is 2.05 bits per heavy atom. The second kappa shape index (κ2) is 6.41. The number of pyridine rings is 1. The molecule has 112 valence electrons. The molecule has 0 bridgehead atoms. The molecule has 0 fully saturated rings. The largest absolute Gasteiger partial charge is 0.461 e. The monoisotopic (exact) mass is 307 g/mol. The van der Waals surface area contributed by atoms with Crippen molar-refractivity contribution in [2.75, 3.05) is 13.7 Å². The number of aromatic nitrogens is 1. The van der Waals surface area contributed by atoms with E-state index in [0.717, 1.165) is 5.39 Å². The zero-order valence-corrected chi connectivity index (χ0v) is 13.1. The lowest BCUT2D eigenvalue weighted by molar-refractivity contribution is -0.00579. The molecule has 0 aliphatic rings. The van der Waals surface area contributed by atoms with E-state index in [1.807, 2.05) is 38.1 Å². The van der Waals surface area contributed by atoms with E-state index in [9.17, 15) is 4.79 Å². The molecule has 0 unspecified atom stereocenters. The van der Waals surface area contributed by atoms with Gasteiger partial charge in [-0.15, -0.1) is 0 Å². The van der Waals surface area contributed by atoms with E-state index >= 15 is 0 Å². The van der Waals surface area contributed by atoms with Crippen molar-refractivity contribution in [1.29, 1.82) is 0 Å². The number of halogens is 1. The lowest BCUT2D eigenvalue weighted by Gasteiger charge is -2.22. The number of nitrogens with zero attached hydrogens (tertiary/aromatic N) is 1. The minimum absolute atomic E-state index is 0.217. The van der Waals surface area contributed by atoms with Crippen LogP contribution in [0.2, 0.25) is 5.02 Å². The molecule has 1 aromatic carbocycles. The number of hydrogen-bond acceptors (Lipinski definition) is 4. The van der Waals surface area contributed by atoms with Crippen LogP contribution in [-0.2, 0) is 9.47 Å². The molecule has 0 aliphatic carbocycles. The average Bonchev–Trinajstić information content (AvgIpc) is 2.47. The second-order valence-corrected chi connectivity index (χ2v) is 5.76. The predicted octanol–water partition coefficient (Wildman–Crippen LogP) is 3.86. The summed E-state index contributed by atoms with van der Waals surface area (Å²) in [5.74, 6) is -0.477. The number of para-hydroxylation sites is 1. The minimum Gasteiger partial charge on any atom is -0.461 e. The smallest absolute Gasteiger partial charge is 0.356 e. The van der Waals surface area contributed by atoms with Crippen molar-refractivity contribution >= 4 is 28.5 Å². The molecule has 0 radical (unpaired) electrons. The second-order valence-electron chi connectivity index (χ2n) is 5.36. The molecule has 21 heavy (non-hydrogen) atoms. The summed E-state index contributed by atoms with van der Waals surface area (Å²) in [6.07, 6.45) is 0.608. The Morgan fingerprint density at radius 3 is 2.76 bits per heavy atom. The highest BCUT2D eigenvalue weighted by Gasteiger charge is 2.18. The number of benzene rings is 1. The topological polar surface area (TPSA) is 48.4 Å². The Morgan fingerprint density at radius 1 is 1.33 bits per heavy atom. The summed E-state index contributed by atoms with van der Waals surface area (Å²) in [7, 11) is 1.63. The minimum atomic E-state index is -0.477. The molecule has 0 atom stereocenters. The van der Waals surface area contributed by atoms with Gasteiger partial charge in [-0.05, 0) is 26.0 Å². The molecule has 0 aliphatic heterocycles. The Kier molecular flexibility index (Phi) is 4.80. The highest BCUT2D eigenvalue weighted by molar-refractivity contribution is 6.35. The van der Waals surface area contributed by atoms with Crippen molar-refractivity contribution in [3.63, 3.8) is 0 Å². The summed E-state index contributed by atoms with van der Waals surface area (Å²) in [6, 6.07) is 8.93. The zero-order valence-electron chi connectivity index (χ0n) is 12.4. The molecule has 1 heterocycles. The van der Waals surface area contributed by atoms with E-state index in [1.165, 1.54) is 6.07 Å². The number of methoxy groups -OCH3 is 1. The number of carbonyl (C=O) groups is 1. The molecule has 2 rings (SSSR count). The van der Waals surface area contributed by atoms with Gasteiger partial charge in [-0.2, -0.15) is 0 Å². The van der Waals surface area contributed by atoms with Gasteiger partial charge in [-0.25, -0.2) is 9.78 Å². The lowest BCUT2D eigenvalue weighted by Crippen LogP contribution is -2.25. The van der Waals surface area contributed by atoms with Gasteiger partial charge in [0.2, 0.25) is 0 Å². The maximum atomic E-state index is 12.0. The number of hydrogen-bond donors (Lipinski definition) is 0. The Balaban J connectivity index is 2.09. The maximum Gasteiger partial charge on any atom is 0.356 e. The molecule has 0 spiro atoms. The van der Waals surface area contributed by atoms with Crippen LogP contribution in [0.4, 0.5) is 0 Å². The van der Waals surface area contributed by atoms with E-state index in [-0.39, 0.29) is 17.9 Å². The summed E-state index contributed by atoms with van der Waals surface area (Å²) in [5.41, 5.74) is 0.567.